The van der Waals surface area contributed by atoms with Gasteiger partial charge in [0.05, 0.1) is 30.6 Å². The smallest absolute Gasteiger partial charge is 0.416 e. The van der Waals surface area contributed by atoms with Crippen molar-refractivity contribution in [3.63, 3.8) is 0 Å². The average molecular weight is 839 g/mol. The normalized spacial score (nSPS) is 16.9. The van der Waals surface area contributed by atoms with E-state index in [0.717, 1.165) is 27.6 Å². The molecular weight excluding hydrogens is 782 g/mol. The molecule has 2 saturated heterocycles. The van der Waals surface area contributed by atoms with Crippen LogP contribution < -0.4 is 20.1 Å². The quantitative estimate of drug-likeness (QED) is 0.126. The largest absolute Gasteiger partial charge is 0.534 e. The summed E-state index contributed by atoms with van der Waals surface area (Å²) in [6, 6.07) is 31.7. The van der Waals surface area contributed by atoms with E-state index in [0.29, 0.717) is 76.0 Å². The molecule has 0 radical (unpaired) electrons. The minimum atomic E-state index is -4.71. The molecular formula is C48H57F3N4O4Si. The number of carbonyl (C=O) groups excluding carboxylic acids is 1. The van der Waals surface area contributed by atoms with E-state index in [9.17, 15) is 4.79 Å². The number of amides is 1. The van der Waals surface area contributed by atoms with Crippen molar-refractivity contribution in [3.8, 4) is 11.4 Å². The summed E-state index contributed by atoms with van der Waals surface area (Å²) in [7, 11) is -1.42. The Labute approximate surface area is 353 Å². The number of halogens is 3. The number of aryl methyl sites for hydroxylation is 1. The molecule has 0 bridgehead atoms. The molecule has 3 heterocycles. The van der Waals surface area contributed by atoms with Crippen LogP contribution in [0.4, 0.5) is 13.2 Å². The summed E-state index contributed by atoms with van der Waals surface area (Å²) in [4.78, 5) is 18.4. The molecule has 0 aliphatic carbocycles. The summed E-state index contributed by atoms with van der Waals surface area (Å²) in [5.41, 5.74) is 2.17. The molecule has 318 valence electrons. The van der Waals surface area contributed by atoms with Crippen LogP contribution in [0.25, 0.3) is 5.69 Å². The molecule has 0 unspecified atom stereocenters. The van der Waals surface area contributed by atoms with Crippen molar-refractivity contribution in [1.82, 2.24) is 19.7 Å². The maximum absolute atomic E-state index is 15.5. The summed E-state index contributed by atoms with van der Waals surface area (Å²) in [6.45, 7) is 13.1. The summed E-state index contributed by atoms with van der Waals surface area (Å²) in [5, 5.41) is 5.24. The topological polar surface area (TPSA) is 68.2 Å². The fraction of sp³-hybridized carbons (Fsp3) is 0.396. The second-order valence-electron chi connectivity index (χ2n) is 16.9. The van der Waals surface area contributed by atoms with E-state index in [2.05, 4.69) is 79.5 Å². The first-order valence-corrected chi connectivity index (χ1v) is 22.8. The van der Waals surface area contributed by atoms with Crippen LogP contribution in [0.15, 0.2) is 109 Å². The number of alkyl halides is 3. The summed E-state index contributed by atoms with van der Waals surface area (Å²) in [6.07, 6.45) is -0.997. The number of hydrogen-bond donors (Lipinski definition) is 1. The van der Waals surface area contributed by atoms with Crippen LogP contribution in [0.3, 0.4) is 0 Å². The van der Waals surface area contributed by atoms with Crippen LogP contribution in [-0.4, -0.2) is 101 Å². The van der Waals surface area contributed by atoms with Crippen LogP contribution in [0.2, 0.25) is 5.04 Å². The SMILES string of the molecule is COC[C@H]1CN(CCc2c(C(F)(F)F)cc(C(=O)N3CCNCC3)c(Cc3ccc(C)c(O[Si](c4ccccc4)(c4ccccc4)C(C)(C)C)c3)c2-n2cccc2)CCO1. The highest BCUT2D eigenvalue weighted by atomic mass is 28.4. The predicted octanol–water partition coefficient (Wildman–Crippen LogP) is 7.27. The molecule has 1 aromatic heterocycles. The van der Waals surface area contributed by atoms with Gasteiger partial charge >= 0.3 is 14.5 Å². The number of methoxy groups -OCH3 is 1. The van der Waals surface area contributed by atoms with Crippen molar-refractivity contribution >= 4 is 24.6 Å². The molecule has 7 rings (SSSR count). The molecule has 2 aliphatic heterocycles. The Kier molecular flexibility index (Phi) is 13.4. The third-order valence-electron chi connectivity index (χ3n) is 11.9. The van der Waals surface area contributed by atoms with Gasteiger partial charge in [0, 0.05) is 77.3 Å². The first-order chi connectivity index (χ1) is 28.8. The van der Waals surface area contributed by atoms with Crippen molar-refractivity contribution in [2.75, 3.05) is 66.1 Å². The fourth-order valence-electron chi connectivity index (χ4n) is 8.89. The van der Waals surface area contributed by atoms with Gasteiger partial charge in [-0.05, 0) is 75.3 Å². The van der Waals surface area contributed by atoms with Crippen LogP contribution in [0.1, 0.15) is 58.9 Å². The van der Waals surface area contributed by atoms with Gasteiger partial charge in [-0.2, -0.15) is 13.2 Å². The van der Waals surface area contributed by atoms with Crippen LogP contribution in [0, 0.1) is 6.92 Å². The Balaban J connectivity index is 1.39. The van der Waals surface area contributed by atoms with Crippen molar-refractivity contribution in [2.24, 2.45) is 0 Å². The van der Waals surface area contributed by atoms with Gasteiger partial charge in [0.2, 0.25) is 0 Å². The van der Waals surface area contributed by atoms with E-state index in [4.69, 9.17) is 13.9 Å². The predicted molar refractivity (Wildman–Crippen MR) is 234 cm³/mol. The number of benzene rings is 4. The lowest BCUT2D eigenvalue weighted by molar-refractivity contribution is -0.138. The van der Waals surface area contributed by atoms with Gasteiger partial charge in [-0.3, -0.25) is 9.69 Å². The molecule has 1 N–H and O–H groups in total. The first kappa shape index (κ1) is 43.4. The third-order valence-corrected chi connectivity index (χ3v) is 16.8. The number of carbonyl (C=O) groups is 1. The highest BCUT2D eigenvalue weighted by Crippen LogP contribution is 2.42. The lowest BCUT2D eigenvalue weighted by Crippen LogP contribution is -2.68. The second kappa shape index (κ2) is 18.5. The zero-order chi connectivity index (χ0) is 42.5. The number of morpholine rings is 1. The standard InChI is InChI=1S/C48H57F3N4O4Si/c1-35-18-19-36(31-44(35)59-60(47(2,3)4,38-14-8-6-9-15-38)39-16-10-7-11-17-39)30-41-42(46(56)55-26-21-52-22-27-55)32-43(48(49,50)51)40(45(41)54-23-12-13-24-54)20-25-53-28-29-58-37(33-53)34-57-5/h6-19,23-24,31-32,37,52H,20-22,25-30,33-34H2,1-5H3/t37-/m1/s1. The van der Waals surface area contributed by atoms with E-state index in [-0.39, 0.29) is 35.1 Å². The van der Waals surface area contributed by atoms with Gasteiger partial charge in [-0.15, -0.1) is 0 Å². The van der Waals surface area contributed by atoms with Crippen molar-refractivity contribution in [3.05, 3.63) is 143 Å². The lowest BCUT2D eigenvalue weighted by Gasteiger charge is -2.43. The van der Waals surface area contributed by atoms with E-state index >= 15 is 13.2 Å². The highest BCUT2D eigenvalue weighted by molar-refractivity contribution is 7.00. The molecule has 5 aromatic rings. The Morgan fingerprint density at radius 1 is 0.867 bits per heavy atom. The van der Waals surface area contributed by atoms with Gasteiger partial charge < -0.3 is 28.7 Å². The summed E-state index contributed by atoms with van der Waals surface area (Å²) >= 11 is 0. The molecule has 0 saturated carbocycles. The van der Waals surface area contributed by atoms with Gasteiger partial charge in [0.15, 0.2) is 0 Å². The molecule has 12 heteroatoms. The van der Waals surface area contributed by atoms with Crippen molar-refractivity contribution in [1.29, 1.82) is 0 Å². The zero-order valence-corrected chi connectivity index (χ0v) is 36.4. The molecule has 60 heavy (non-hydrogen) atoms. The molecule has 1 atom stereocenters. The highest BCUT2D eigenvalue weighted by Gasteiger charge is 2.52. The van der Waals surface area contributed by atoms with E-state index in [1.54, 1.807) is 29.0 Å². The number of rotatable bonds is 13. The van der Waals surface area contributed by atoms with Crippen molar-refractivity contribution < 1.29 is 31.9 Å². The monoisotopic (exact) mass is 838 g/mol. The Bertz CT molecular complexity index is 2160. The molecule has 0 spiro atoms. The minimum Gasteiger partial charge on any atom is -0.534 e. The van der Waals surface area contributed by atoms with Crippen LogP contribution >= 0.6 is 0 Å². The van der Waals surface area contributed by atoms with E-state index in [1.165, 1.54) is 0 Å². The number of piperazine rings is 1. The van der Waals surface area contributed by atoms with Gasteiger partial charge in [-0.1, -0.05) is 93.6 Å². The average Bonchev–Trinajstić information content (AvgIpc) is 3.78. The molecule has 8 nitrogen and oxygen atoms in total. The molecule has 2 aliphatic rings. The zero-order valence-electron chi connectivity index (χ0n) is 35.4. The van der Waals surface area contributed by atoms with Crippen molar-refractivity contribution in [2.45, 2.75) is 57.9 Å². The summed E-state index contributed by atoms with van der Waals surface area (Å²) in [5.74, 6) is 0.313. The van der Waals surface area contributed by atoms with E-state index in [1.807, 2.05) is 49.4 Å². The summed E-state index contributed by atoms with van der Waals surface area (Å²) < 4.78 is 66.9. The Hall–Kier alpha value is -4.72. The molecule has 4 aromatic carbocycles. The van der Waals surface area contributed by atoms with Gasteiger partial charge in [-0.25, -0.2) is 0 Å². The number of aromatic nitrogens is 1. The van der Waals surface area contributed by atoms with Crippen LogP contribution in [0.5, 0.6) is 5.75 Å². The van der Waals surface area contributed by atoms with Crippen LogP contribution in [-0.2, 0) is 28.5 Å². The Morgan fingerprint density at radius 2 is 1.52 bits per heavy atom. The fourth-order valence-corrected chi connectivity index (χ4v) is 13.4. The third kappa shape index (κ3) is 9.28. The van der Waals surface area contributed by atoms with Gasteiger partial charge in [0.25, 0.3) is 5.91 Å². The minimum absolute atomic E-state index is 0.0678. The second-order valence-corrected chi connectivity index (χ2v) is 21.2. The maximum Gasteiger partial charge on any atom is 0.416 e. The first-order valence-electron chi connectivity index (χ1n) is 20.9. The number of nitrogens with one attached hydrogen (secondary N) is 1. The lowest BCUT2D eigenvalue weighted by atomic mass is 9.88. The number of ether oxygens (including phenoxy) is 2. The molecule has 1 amide bonds. The number of hydrogen-bond acceptors (Lipinski definition) is 6. The molecule has 2 fully saturated rings. The van der Waals surface area contributed by atoms with E-state index < -0.39 is 26.0 Å². The van der Waals surface area contributed by atoms with Gasteiger partial charge in [0.1, 0.15) is 5.75 Å². The number of nitrogens with zero attached hydrogens (tertiary/aromatic N) is 3. The maximum atomic E-state index is 15.5. The Morgan fingerprint density at radius 3 is 2.12 bits per heavy atom.